The van der Waals surface area contributed by atoms with Crippen LogP contribution in [0.2, 0.25) is 0 Å². The molecule has 88 valence electrons. The first kappa shape index (κ1) is 12.6. The first-order valence-corrected chi connectivity index (χ1v) is 5.39. The molecule has 0 heterocycles. The molecule has 0 aromatic heterocycles. The molecule has 1 aromatic rings. The lowest BCUT2D eigenvalue weighted by Crippen LogP contribution is -2.41. The maximum absolute atomic E-state index is 13.2. The van der Waals surface area contributed by atoms with E-state index in [4.69, 9.17) is 0 Å². The zero-order chi connectivity index (χ0) is 12.0. The predicted octanol–water partition coefficient (Wildman–Crippen LogP) is 1.44. The fourth-order valence-electron chi connectivity index (χ4n) is 1.32. The van der Waals surface area contributed by atoms with Crippen LogP contribution >= 0.6 is 0 Å². The molecule has 0 spiro atoms. The number of benzene rings is 1. The molecule has 1 aromatic carbocycles. The Bertz CT molecular complexity index is 355. The van der Waals surface area contributed by atoms with Gasteiger partial charge in [0.2, 0.25) is 5.91 Å². The van der Waals surface area contributed by atoms with E-state index in [1.54, 1.807) is 25.1 Å². The molecule has 2 N–H and O–H groups in total. The largest absolute Gasteiger partial charge is 0.355 e. The van der Waals surface area contributed by atoms with E-state index in [0.29, 0.717) is 18.7 Å². The van der Waals surface area contributed by atoms with Crippen LogP contribution in [0.25, 0.3) is 0 Å². The maximum atomic E-state index is 13.2. The lowest BCUT2D eigenvalue weighted by Gasteiger charge is -2.13. The summed E-state index contributed by atoms with van der Waals surface area (Å²) in [5, 5.41) is 5.67. The summed E-state index contributed by atoms with van der Waals surface area (Å²) in [6, 6.07) is 6.21. The molecule has 4 heteroatoms. The summed E-state index contributed by atoms with van der Waals surface area (Å²) >= 11 is 0. The highest BCUT2D eigenvalue weighted by molar-refractivity contribution is 5.81. The van der Waals surface area contributed by atoms with Gasteiger partial charge < -0.3 is 10.6 Å². The molecule has 1 amide bonds. The van der Waals surface area contributed by atoms with Gasteiger partial charge >= 0.3 is 0 Å². The molecular weight excluding hydrogens is 207 g/mol. The van der Waals surface area contributed by atoms with Gasteiger partial charge in [0, 0.05) is 18.7 Å². The molecule has 0 aliphatic carbocycles. The van der Waals surface area contributed by atoms with Crippen LogP contribution in [0, 0.1) is 5.82 Å². The van der Waals surface area contributed by atoms with Crippen LogP contribution in [0.4, 0.5) is 4.39 Å². The summed E-state index contributed by atoms with van der Waals surface area (Å²) in [5.41, 5.74) is 0.568. The van der Waals surface area contributed by atoms with Crippen LogP contribution in [0.1, 0.15) is 19.4 Å². The Morgan fingerprint density at radius 1 is 1.44 bits per heavy atom. The average molecular weight is 224 g/mol. The summed E-state index contributed by atoms with van der Waals surface area (Å²) in [7, 11) is 0. The van der Waals surface area contributed by atoms with Gasteiger partial charge in [-0.3, -0.25) is 4.79 Å². The van der Waals surface area contributed by atoms with Crippen molar-refractivity contribution in [2.45, 2.75) is 26.4 Å². The average Bonchev–Trinajstić information content (AvgIpc) is 2.28. The van der Waals surface area contributed by atoms with Gasteiger partial charge in [-0.2, -0.15) is 0 Å². The highest BCUT2D eigenvalue weighted by Gasteiger charge is 2.11. The van der Waals surface area contributed by atoms with E-state index >= 15 is 0 Å². The second-order valence-electron chi connectivity index (χ2n) is 3.59. The summed E-state index contributed by atoms with van der Waals surface area (Å²) in [6.45, 7) is 4.57. The van der Waals surface area contributed by atoms with Gasteiger partial charge in [0.25, 0.3) is 0 Å². The van der Waals surface area contributed by atoms with Gasteiger partial charge in [-0.1, -0.05) is 18.2 Å². The van der Waals surface area contributed by atoms with Gasteiger partial charge in [0.15, 0.2) is 0 Å². The van der Waals surface area contributed by atoms with Crippen molar-refractivity contribution in [2.24, 2.45) is 0 Å². The van der Waals surface area contributed by atoms with Crippen molar-refractivity contribution >= 4 is 5.91 Å². The molecule has 0 bridgehead atoms. The number of rotatable bonds is 5. The molecule has 16 heavy (non-hydrogen) atoms. The van der Waals surface area contributed by atoms with Crippen LogP contribution in [-0.2, 0) is 11.3 Å². The summed E-state index contributed by atoms with van der Waals surface area (Å²) < 4.78 is 13.2. The molecule has 1 atom stereocenters. The molecule has 0 aliphatic heterocycles. The van der Waals surface area contributed by atoms with Crippen LogP contribution in [0.3, 0.4) is 0 Å². The molecular formula is C12H17FN2O. The van der Waals surface area contributed by atoms with E-state index in [0.717, 1.165) is 0 Å². The number of likely N-dealkylation sites (N-methyl/N-ethyl adjacent to an activating group) is 1. The highest BCUT2D eigenvalue weighted by Crippen LogP contribution is 2.05. The number of halogens is 1. The van der Waals surface area contributed by atoms with E-state index in [1.165, 1.54) is 6.07 Å². The molecule has 0 saturated heterocycles. The molecule has 1 rings (SSSR count). The fraction of sp³-hybridized carbons (Fsp3) is 0.417. The summed E-state index contributed by atoms with van der Waals surface area (Å²) in [5.74, 6) is -0.322. The lowest BCUT2D eigenvalue weighted by molar-refractivity contribution is -0.122. The molecule has 1 unspecified atom stereocenters. The van der Waals surface area contributed by atoms with E-state index < -0.39 is 0 Å². The molecule has 3 nitrogen and oxygen atoms in total. The van der Waals surface area contributed by atoms with E-state index in [-0.39, 0.29) is 17.8 Å². The van der Waals surface area contributed by atoms with E-state index in [9.17, 15) is 9.18 Å². The molecule has 0 radical (unpaired) electrons. The Kier molecular flexibility index (Phi) is 4.92. The third-order valence-corrected chi connectivity index (χ3v) is 2.30. The number of hydrogen-bond donors (Lipinski definition) is 2. The Balaban J connectivity index is 2.46. The van der Waals surface area contributed by atoms with Crippen molar-refractivity contribution < 1.29 is 9.18 Å². The monoisotopic (exact) mass is 224 g/mol. The smallest absolute Gasteiger partial charge is 0.236 e. The second kappa shape index (κ2) is 6.23. The van der Waals surface area contributed by atoms with Gasteiger partial charge in [0.05, 0.1) is 6.04 Å². The zero-order valence-corrected chi connectivity index (χ0v) is 9.59. The maximum Gasteiger partial charge on any atom is 0.236 e. The minimum absolute atomic E-state index is 0.0705. The van der Waals surface area contributed by atoms with Gasteiger partial charge in [-0.05, 0) is 19.9 Å². The molecule has 0 fully saturated rings. The molecule has 0 aliphatic rings. The first-order chi connectivity index (χ1) is 7.65. The summed E-state index contributed by atoms with van der Waals surface area (Å²) in [4.78, 5) is 11.4. The Hall–Kier alpha value is -1.42. The van der Waals surface area contributed by atoms with Crippen molar-refractivity contribution in [3.8, 4) is 0 Å². The first-order valence-electron chi connectivity index (χ1n) is 5.39. The topological polar surface area (TPSA) is 41.1 Å². The fourth-order valence-corrected chi connectivity index (χ4v) is 1.32. The van der Waals surface area contributed by atoms with Crippen molar-refractivity contribution in [1.29, 1.82) is 0 Å². The van der Waals surface area contributed by atoms with Gasteiger partial charge in [-0.15, -0.1) is 0 Å². The van der Waals surface area contributed by atoms with Crippen LogP contribution in [0.5, 0.6) is 0 Å². The van der Waals surface area contributed by atoms with Crippen LogP contribution in [-0.4, -0.2) is 18.5 Å². The Morgan fingerprint density at radius 3 is 2.75 bits per heavy atom. The predicted molar refractivity (Wildman–Crippen MR) is 61.4 cm³/mol. The SMILES string of the molecule is CCNC(=O)C(C)NCc1ccccc1F. The van der Waals surface area contributed by atoms with Crippen molar-refractivity contribution in [1.82, 2.24) is 10.6 Å². The van der Waals surface area contributed by atoms with Gasteiger partial charge in [0.1, 0.15) is 5.82 Å². The number of hydrogen-bond acceptors (Lipinski definition) is 2. The third-order valence-electron chi connectivity index (χ3n) is 2.30. The quantitative estimate of drug-likeness (QED) is 0.794. The Labute approximate surface area is 95.0 Å². The van der Waals surface area contributed by atoms with Crippen molar-refractivity contribution in [3.63, 3.8) is 0 Å². The van der Waals surface area contributed by atoms with E-state index in [2.05, 4.69) is 10.6 Å². The minimum Gasteiger partial charge on any atom is -0.355 e. The normalized spacial score (nSPS) is 12.2. The Morgan fingerprint density at radius 2 is 2.12 bits per heavy atom. The molecule has 0 saturated carbocycles. The third kappa shape index (κ3) is 3.62. The van der Waals surface area contributed by atoms with E-state index in [1.807, 2.05) is 6.92 Å². The van der Waals surface area contributed by atoms with Crippen molar-refractivity contribution in [3.05, 3.63) is 35.6 Å². The van der Waals surface area contributed by atoms with Crippen molar-refractivity contribution in [2.75, 3.05) is 6.54 Å². The number of carbonyl (C=O) groups is 1. The number of amides is 1. The standard InChI is InChI=1S/C12H17FN2O/c1-3-14-12(16)9(2)15-8-10-6-4-5-7-11(10)13/h4-7,9,15H,3,8H2,1-2H3,(H,14,16). The summed E-state index contributed by atoms with van der Waals surface area (Å²) in [6.07, 6.45) is 0. The van der Waals surface area contributed by atoms with Crippen LogP contribution in [0.15, 0.2) is 24.3 Å². The van der Waals surface area contributed by atoms with Crippen LogP contribution < -0.4 is 10.6 Å². The second-order valence-corrected chi connectivity index (χ2v) is 3.59. The number of carbonyl (C=O) groups excluding carboxylic acids is 1. The minimum atomic E-state index is -0.320. The number of nitrogens with one attached hydrogen (secondary N) is 2. The van der Waals surface area contributed by atoms with Gasteiger partial charge in [-0.25, -0.2) is 4.39 Å². The zero-order valence-electron chi connectivity index (χ0n) is 9.59. The highest BCUT2D eigenvalue weighted by atomic mass is 19.1. The lowest BCUT2D eigenvalue weighted by atomic mass is 10.2.